The SMILES string of the molecule is CCC(=O)N1CC2(CCN(C(=O)C3CCC4CCCCC4C3)C2)C1. The molecule has 3 unspecified atom stereocenters. The maximum atomic E-state index is 13.0. The predicted octanol–water partition coefficient (Wildman–Crippen LogP) is 3.06. The summed E-state index contributed by atoms with van der Waals surface area (Å²) in [6.07, 6.45) is 10.8. The highest BCUT2D eigenvalue weighted by Gasteiger charge is 2.50. The first-order valence-corrected chi connectivity index (χ1v) is 10.2. The molecule has 0 aromatic heterocycles. The second-order valence-corrected chi connectivity index (χ2v) is 8.93. The fourth-order valence-corrected chi connectivity index (χ4v) is 5.90. The van der Waals surface area contributed by atoms with Crippen LogP contribution in [0, 0.1) is 23.2 Å². The fraction of sp³-hybridized carbons (Fsp3) is 0.900. The van der Waals surface area contributed by atoms with Gasteiger partial charge in [-0.3, -0.25) is 9.59 Å². The number of rotatable bonds is 2. The molecule has 2 amide bonds. The monoisotopic (exact) mass is 332 g/mol. The normalized spacial score (nSPS) is 34.8. The molecule has 2 heterocycles. The largest absolute Gasteiger partial charge is 0.342 e. The highest BCUT2D eigenvalue weighted by atomic mass is 16.2. The number of carbonyl (C=O) groups excluding carboxylic acids is 2. The molecule has 1 spiro atoms. The summed E-state index contributed by atoms with van der Waals surface area (Å²) in [5, 5.41) is 0. The van der Waals surface area contributed by atoms with Gasteiger partial charge in [0.15, 0.2) is 0 Å². The number of likely N-dealkylation sites (tertiary alicyclic amines) is 2. The third-order valence-electron chi connectivity index (χ3n) is 7.35. The van der Waals surface area contributed by atoms with Crippen LogP contribution in [0.25, 0.3) is 0 Å². The molecule has 4 rings (SSSR count). The Labute approximate surface area is 145 Å². The van der Waals surface area contributed by atoms with Gasteiger partial charge in [-0.15, -0.1) is 0 Å². The summed E-state index contributed by atoms with van der Waals surface area (Å²) >= 11 is 0. The Morgan fingerprint density at radius 3 is 2.42 bits per heavy atom. The maximum absolute atomic E-state index is 13.0. The van der Waals surface area contributed by atoms with E-state index in [0.717, 1.165) is 57.3 Å². The molecule has 0 aromatic rings. The van der Waals surface area contributed by atoms with Crippen molar-refractivity contribution in [3.63, 3.8) is 0 Å². The van der Waals surface area contributed by atoms with Crippen molar-refractivity contribution in [2.75, 3.05) is 26.2 Å². The molecule has 2 aliphatic heterocycles. The van der Waals surface area contributed by atoms with Crippen molar-refractivity contribution >= 4 is 11.8 Å². The van der Waals surface area contributed by atoms with Crippen LogP contribution in [0.3, 0.4) is 0 Å². The quantitative estimate of drug-likeness (QED) is 0.780. The molecule has 4 heteroatoms. The molecule has 2 saturated carbocycles. The molecule has 0 aromatic carbocycles. The van der Waals surface area contributed by atoms with E-state index in [1.807, 2.05) is 11.8 Å². The fourth-order valence-electron chi connectivity index (χ4n) is 5.90. The first-order valence-electron chi connectivity index (χ1n) is 10.2. The summed E-state index contributed by atoms with van der Waals surface area (Å²) in [7, 11) is 0. The van der Waals surface area contributed by atoms with Crippen LogP contribution in [0.5, 0.6) is 0 Å². The van der Waals surface area contributed by atoms with Gasteiger partial charge in [-0.2, -0.15) is 0 Å². The Balaban J connectivity index is 1.31. The second-order valence-electron chi connectivity index (χ2n) is 8.93. The van der Waals surface area contributed by atoms with Crippen LogP contribution in [0.2, 0.25) is 0 Å². The summed E-state index contributed by atoms with van der Waals surface area (Å²) in [5.41, 5.74) is 0.225. The van der Waals surface area contributed by atoms with Gasteiger partial charge < -0.3 is 9.80 Å². The Morgan fingerprint density at radius 2 is 1.67 bits per heavy atom. The highest BCUT2D eigenvalue weighted by molar-refractivity contribution is 5.80. The van der Waals surface area contributed by atoms with Crippen molar-refractivity contribution < 1.29 is 9.59 Å². The topological polar surface area (TPSA) is 40.6 Å². The Bertz CT molecular complexity index is 512. The average molecular weight is 332 g/mol. The van der Waals surface area contributed by atoms with E-state index >= 15 is 0 Å². The van der Waals surface area contributed by atoms with Gasteiger partial charge >= 0.3 is 0 Å². The number of hydrogen-bond acceptors (Lipinski definition) is 2. The van der Waals surface area contributed by atoms with Crippen molar-refractivity contribution in [2.24, 2.45) is 23.2 Å². The Hall–Kier alpha value is -1.06. The molecule has 0 radical (unpaired) electrons. The van der Waals surface area contributed by atoms with Crippen LogP contribution >= 0.6 is 0 Å². The van der Waals surface area contributed by atoms with E-state index in [0.29, 0.717) is 12.3 Å². The molecule has 3 atom stereocenters. The molecule has 4 aliphatic rings. The lowest BCUT2D eigenvalue weighted by molar-refractivity contribution is -0.143. The molecule has 2 aliphatic carbocycles. The minimum absolute atomic E-state index is 0.225. The molecule has 24 heavy (non-hydrogen) atoms. The minimum Gasteiger partial charge on any atom is -0.342 e. The van der Waals surface area contributed by atoms with E-state index in [9.17, 15) is 9.59 Å². The molecule has 4 nitrogen and oxygen atoms in total. The predicted molar refractivity (Wildman–Crippen MR) is 93.3 cm³/mol. The van der Waals surface area contributed by atoms with Gasteiger partial charge in [-0.05, 0) is 37.5 Å². The van der Waals surface area contributed by atoms with Gasteiger partial charge in [-0.1, -0.05) is 32.6 Å². The number of fused-ring (bicyclic) bond motifs is 1. The first kappa shape index (κ1) is 16.4. The average Bonchev–Trinajstić information content (AvgIpc) is 3.04. The van der Waals surface area contributed by atoms with Gasteiger partial charge in [0.25, 0.3) is 0 Å². The lowest BCUT2D eigenvalue weighted by Crippen LogP contribution is -2.59. The molecule has 2 saturated heterocycles. The number of hydrogen-bond donors (Lipinski definition) is 0. The number of nitrogens with zero attached hydrogens (tertiary/aromatic N) is 2. The number of carbonyl (C=O) groups is 2. The van der Waals surface area contributed by atoms with E-state index in [1.54, 1.807) is 0 Å². The second kappa shape index (κ2) is 6.34. The van der Waals surface area contributed by atoms with Crippen LogP contribution < -0.4 is 0 Å². The Morgan fingerprint density at radius 1 is 0.958 bits per heavy atom. The van der Waals surface area contributed by atoms with Gasteiger partial charge in [0, 0.05) is 43.9 Å². The molecule has 134 valence electrons. The minimum atomic E-state index is 0.225. The first-order chi connectivity index (χ1) is 11.6. The van der Waals surface area contributed by atoms with Crippen molar-refractivity contribution in [3.8, 4) is 0 Å². The van der Waals surface area contributed by atoms with Gasteiger partial charge in [0.1, 0.15) is 0 Å². The smallest absolute Gasteiger partial charge is 0.225 e. The van der Waals surface area contributed by atoms with Crippen LogP contribution in [0.4, 0.5) is 0 Å². The van der Waals surface area contributed by atoms with Crippen molar-refractivity contribution in [1.29, 1.82) is 0 Å². The van der Waals surface area contributed by atoms with E-state index in [-0.39, 0.29) is 17.2 Å². The van der Waals surface area contributed by atoms with Gasteiger partial charge in [0.2, 0.25) is 11.8 Å². The zero-order valence-corrected chi connectivity index (χ0v) is 15.1. The summed E-state index contributed by atoms with van der Waals surface area (Å²) in [5.74, 6) is 2.71. The zero-order valence-electron chi connectivity index (χ0n) is 15.1. The van der Waals surface area contributed by atoms with Crippen molar-refractivity contribution in [3.05, 3.63) is 0 Å². The molecule has 0 N–H and O–H groups in total. The van der Waals surface area contributed by atoms with Crippen molar-refractivity contribution in [2.45, 2.75) is 64.7 Å². The zero-order chi connectivity index (χ0) is 16.7. The lowest BCUT2D eigenvalue weighted by atomic mass is 9.67. The van der Waals surface area contributed by atoms with Crippen LogP contribution in [-0.2, 0) is 9.59 Å². The summed E-state index contributed by atoms with van der Waals surface area (Å²) in [6, 6.07) is 0. The lowest BCUT2D eigenvalue weighted by Gasteiger charge is -2.48. The maximum Gasteiger partial charge on any atom is 0.225 e. The highest BCUT2D eigenvalue weighted by Crippen LogP contribution is 2.45. The van der Waals surface area contributed by atoms with Crippen LogP contribution in [0.1, 0.15) is 64.7 Å². The number of amides is 2. The molecule has 4 fully saturated rings. The summed E-state index contributed by atoms with van der Waals surface area (Å²) in [4.78, 5) is 28.9. The van der Waals surface area contributed by atoms with E-state index in [1.165, 1.54) is 32.1 Å². The van der Waals surface area contributed by atoms with Gasteiger partial charge in [-0.25, -0.2) is 0 Å². The molecular formula is C20H32N2O2. The summed E-state index contributed by atoms with van der Waals surface area (Å²) in [6.45, 7) is 5.48. The van der Waals surface area contributed by atoms with Gasteiger partial charge in [0.05, 0.1) is 0 Å². The van der Waals surface area contributed by atoms with Crippen LogP contribution in [0.15, 0.2) is 0 Å². The van der Waals surface area contributed by atoms with E-state index in [2.05, 4.69) is 4.90 Å². The van der Waals surface area contributed by atoms with E-state index in [4.69, 9.17) is 0 Å². The summed E-state index contributed by atoms with van der Waals surface area (Å²) < 4.78 is 0. The third kappa shape index (κ3) is 2.86. The third-order valence-corrected chi connectivity index (χ3v) is 7.35. The van der Waals surface area contributed by atoms with E-state index < -0.39 is 0 Å². The van der Waals surface area contributed by atoms with Crippen LogP contribution in [-0.4, -0.2) is 47.8 Å². The Kier molecular flexibility index (Phi) is 4.34. The van der Waals surface area contributed by atoms with Crippen molar-refractivity contribution in [1.82, 2.24) is 9.80 Å². The molecular weight excluding hydrogens is 300 g/mol. The molecule has 0 bridgehead atoms. The standard InChI is InChI=1S/C20H32N2O2/c1-2-18(23)22-13-20(14-22)9-10-21(12-20)19(24)17-8-7-15-5-3-4-6-16(15)11-17/h15-17H,2-14H2,1H3.